The van der Waals surface area contributed by atoms with E-state index in [9.17, 15) is 0 Å². The Balaban J connectivity index is 2.65. The quantitative estimate of drug-likeness (QED) is 0.782. The number of hydrogen-bond donors (Lipinski definition) is 1. The fourth-order valence-electron chi connectivity index (χ4n) is 1.32. The number of ether oxygens (including phenoxy) is 1. The zero-order valence-corrected chi connectivity index (χ0v) is 10.2. The van der Waals surface area contributed by atoms with Crippen molar-refractivity contribution in [1.29, 1.82) is 0 Å². The Hall–Kier alpha value is -1.36. The lowest BCUT2D eigenvalue weighted by Crippen LogP contribution is -2.33. The first-order valence-electron chi connectivity index (χ1n) is 5.56. The molecule has 1 heterocycles. The van der Waals surface area contributed by atoms with Crippen molar-refractivity contribution in [2.75, 3.05) is 25.1 Å². The lowest BCUT2D eigenvalue weighted by atomic mass is 10.3. The molecule has 0 aromatic carbocycles. The number of hydrogen-bond acceptors (Lipinski definition) is 5. The largest absolute Gasteiger partial charge is 0.478 e. The highest BCUT2D eigenvalue weighted by Crippen LogP contribution is 2.11. The maximum absolute atomic E-state index is 5.72. The Bertz CT molecular complexity index is 317. The van der Waals surface area contributed by atoms with Crippen LogP contribution in [0.1, 0.15) is 20.3 Å². The van der Waals surface area contributed by atoms with Crippen molar-refractivity contribution in [3.8, 4) is 5.88 Å². The van der Waals surface area contributed by atoms with Crippen LogP contribution in [-0.4, -0.2) is 36.2 Å². The first-order valence-corrected chi connectivity index (χ1v) is 5.56. The summed E-state index contributed by atoms with van der Waals surface area (Å²) < 4.78 is 5.44. The van der Waals surface area contributed by atoms with Crippen molar-refractivity contribution in [2.45, 2.75) is 26.3 Å². The van der Waals surface area contributed by atoms with Gasteiger partial charge >= 0.3 is 0 Å². The third kappa shape index (κ3) is 4.02. The second kappa shape index (κ2) is 6.27. The van der Waals surface area contributed by atoms with Crippen LogP contribution in [0.2, 0.25) is 0 Å². The van der Waals surface area contributed by atoms with Crippen LogP contribution in [0.3, 0.4) is 0 Å². The van der Waals surface area contributed by atoms with Gasteiger partial charge in [0.1, 0.15) is 0 Å². The minimum Gasteiger partial charge on any atom is -0.478 e. The van der Waals surface area contributed by atoms with Crippen LogP contribution in [0.5, 0.6) is 5.88 Å². The van der Waals surface area contributed by atoms with Gasteiger partial charge in [-0.05, 0) is 13.3 Å². The highest BCUT2D eigenvalue weighted by atomic mass is 16.5. The summed E-state index contributed by atoms with van der Waals surface area (Å²) >= 11 is 0. The molecule has 0 saturated heterocycles. The summed E-state index contributed by atoms with van der Waals surface area (Å²) in [6.07, 6.45) is 2.67. The second-order valence-electron chi connectivity index (χ2n) is 3.90. The molecule has 0 aliphatic carbocycles. The number of aromatic nitrogens is 2. The highest BCUT2D eigenvalue weighted by Gasteiger charge is 2.07. The minimum absolute atomic E-state index is 0.0915. The van der Waals surface area contributed by atoms with Crippen molar-refractivity contribution >= 4 is 5.95 Å². The molecule has 0 bridgehead atoms. The molecule has 0 aliphatic heterocycles. The van der Waals surface area contributed by atoms with Gasteiger partial charge in [-0.3, -0.25) is 0 Å². The summed E-state index contributed by atoms with van der Waals surface area (Å²) in [6.45, 7) is 5.41. The van der Waals surface area contributed by atoms with E-state index in [1.165, 1.54) is 0 Å². The fraction of sp³-hybridized carbons (Fsp3) is 0.636. The SMILES string of the molecule is CCCOc1ccnc(N(C)CC(C)N)n1. The normalized spacial score (nSPS) is 12.2. The monoisotopic (exact) mass is 224 g/mol. The Morgan fingerprint density at radius 1 is 1.56 bits per heavy atom. The zero-order valence-electron chi connectivity index (χ0n) is 10.2. The summed E-state index contributed by atoms with van der Waals surface area (Å²) in [5, 5.41) is 0. The molecule has 0 radical (unpaired) electrons. The average Bonchev–Trinajstić information content (AvgIpc) is 2.26. The van der Waals surface area contributed by atoms with Gasteiger partial charge in [-0.2, -0.15) is 4.98 Å². The topological polar surface area (TPSA) is 64.3 Å². The molecule has 0 aliphatic rings. The number of rotatable bonds is 6. The Labute approximate surface area is 96.6 Å². The zero-order chi connectivity index (χ0) is 12.0. The Morgan fingerprint density at radius 3 is 2.94 bits per heavy atom. The molecule has 1 aromatic rings. The van der Waals surface area contributed by atoms with Crippen molar-refractivity contribution in [1.82, 2.24) is 9.97 Å². The molecule has 1 aromatic heterocycles. The number of anilines is 1. The summed E-state index contributed by atoms with van der Waals surface area (Å²) in [7, 11) is 1.92. The smallest absolute Gasteiger partial charge is 0.228 e. The average molecular weight is 224 g/mol. The van der Waals surface area contributed by atoms with Crippen LogP contribution in [-0.2, 0) is 0 Å². The van der Waals surface area contributed by atoms with Crippen LogP contribution in [0.4, 0.5) is 5.95 Å². The van der Waals surface area contributed by atoms with Gasteiger partial charge in [0, 0.05) is 31.9 Å². The van der Waals surface area contributed by atoms with Gasteiger partial charge in [-0.25, -0.2) is 4.98 Å². The molecular weight excluding hydrogens is 204 g/mol. The third-order valence-electron chi connectivity index (χ3n) is 1.97. The van der Waals surface area contributed by atoms with Gasteiger partial charge in [0.15, 0.2) is 0 Å². The molecular formula is C11H20N4O. The molecule has 0 spiro atoms. The van der Waals surface area contributed by atoms with Gasteiger partial charge in [0.25, 0.3) is 0 Å². The number of nitrogens with two attached hydrogens (primary N) is 1. The van der Waals surface area contributed by atoms with E-state index in [4.69, 9.17) is 10.5 Å². The molecule has 5 heteroatoms. The van der Waals surface area contributed by atoms with Crippen LogP contribution in [0, 0.1) is 0 Å². The van der Waals surface area contributed by atoms with Gasteiger partial charge in [-0.1, -0.05) is 6.92 Å². The van der Waals surface area contributed by atoms with E-state index in [2.05, 4.69) is 16.9 Å². The van der Waals surface area contributed by atoms with Gasteiger partial charge < -0.3 is 15.4 Å². The minimum atomic E-state index is 0.0915. The van der Waals surface area contributed by atoms with E-state index in [1.54, 1.807) is 12.3 Å². The van der Waals surface area contributed by atoms with Crippen LogP contribution in [0.15, 0.2) is 12.3 Å². The predicted molar refractivity (Wildman–Crippen MR) is 64.7 cm³/mol. The Morgan fingerprint density at radius 2 is 2.31 bits per heavy atom. The molecule has 0 saturated carbocycles. The summed E-state index contributed by atoms with van der Waals surface area (Å²) in [4.78, 5) is 10.4. The second-order valence-corrected chi connectivity index (χ2v) is 3.90. The molecule has 0 amide bonds. The molecule has 1 unspecified atom stereocenters. The third-order valence-corrected chi connectivity index (χ3v) is 1.97. The highest BCUT2D eigenvalue weighted by molar-refractivity contribution is 5.30. The van der Waals surface area contributed by atoms with E-state index < -0.39 is 0 Å². The van der Waals surface area contributed by atoms with E-state index in [0.717, 1.165) is 13.0 Å². The fourth-order valence-corrected chi connectivity index (χ4v) is 1.32. The van der Waals surface area contributed by atoms with Crippen LogP contribution < -0.4 is 15.4 Å². The van der Waals surface area contributed by atoms with Crippen LogP contribution >= 0.6 is 0 Å². The summed E-state index contributed by atoms with van der Waals surface area (Å²) in [5.74, 6) is 1.26. The molecule has 2 N–H and O–H groups in total. The summed E-state index contributed by atoms with van der Waals surface area (Å²) in [6, 6.07) is 1.85. The maximum atomic E-state index is 5.72. The Kier molecular flexibility index (Phi) is 4.98. The van der Waals surface area contributed by atoms with Crippen molar-refractivity contribution in [3.63, 3.8) is 0 Å². The lowest BCUT2D eigenvalue weighted by Gasteiger charge is -2.19. The van der Waals surface area contributed by atoms with Crippen molar-refractivity contribution < 1.29 is 4.74 Å². The number of likely N-dealkylation sites (N-methyl/N-ethyl adjacent to an activating group) is 1. The first kappa shape index (κ1) is 12.7. The van der Waals surface area contributed by atoms with Gasteiger partial charge in [0.2, 0.25) is 11.8 Å². The van der Waals surface area contributed by atoms with Crippen molar-refractivity contribution in [3.05, 3.63) is 12.3 Å². The van der Waals surface area contributed by atoms with Gasteiger partial charge in [-0.15, -0.1) is 0 Å². The molecule has 1 atom stereocenters. The molecule has 0 fully saturated rings. The molecule has 1 rings (SSSR count). The van der Waals surface area contributed by atoms with E-state index >= 15 is 0 Å². The number of nitrogens with zero attached hydrogens (tertiary/aromatic N) is 3. The molecule has 90 valence electrons. The summed E-state index contributed by atoms with van der Waals surface area (Å²) in [5.41, 5.74) is 5.72. The van der Waals surface area contributed by atoms with E-state index in [0.29, 0.717) is 18.4 Å². The van der Waals surface area contributed by atoms with E-state index in [-0.39, 0.29) is 6.04 Å². The maximum Gasteiger partial charge on any atom is 0.228 e. The predicted octanol–water partition coefficient (Wildman–Crippen LogP) is 1.05. The van der Waals surface area contributed by atoms with E-state index in [1.807, 2.05) is 18.9 Å². The molecule has 5 nitrogen and oxygen atoms in total. The lowest BCUT2D eigenvalue weighted by molar-refractivity contribution is 0.305. The van der Waals surface area contributed by atoms with Gasteiger partial charge in [0.05, 0.1) is 6.61 Å². The standard InChI is InChI=1S/C11H20N4O/c1-4-7-16-10-5-6-13-11(14-10)15(3)8-9(2)12/h5-6,9H,4,7-8,12H2,1-3H3. The van der Waals surface area contributed by atoms with Crippen LogP contribution in [0.25, 0.3) is 0 Å². The van der Waals surface area contributed by atoms with Crippen molar-refractivity contribution in [2.24, 2.45) is 5.73 Å². The molecule has 16 heavy (non-hydrogen) atoms. The first-order chi connectivity index (χ1) is 7.63.